The Hall–Kier alpha value is -1.88. The van der Waals surface area contributed by atoms with E-state index in [1.54, 1.807) is 0 Å². The topological polar surface area (TPSA) is 62.6 Å². The summed E-state index contributed by atoms with van der Waals surface area (Å²) in [7, 11) is 1.87. The molecule has 0 heterocycles. The molecule has 0 radical (unpaired) electrons. The number of benzene rings is 1. The van der Waals surface area contributed by atoms with Gasteiger partial charge < -0.3 is 15.5 Å². The lowest BCUT2D eigenvalue weighted by Crippen LogP contribution is -3.15. The summed E-state index contributed by atoms with van der Waals surface area (Å²) < 4.78 is 0. The average molecular weight is 334 g/mol. The van der Waals surface area contributed by atoms with Crippen LogP contribution in [0.25, 0.3) is 0 Å². The van der Waals surface area contributed by atoms with Gasteiger partial charge in [-0.1, -0.05) is 32.0 Å². The monoisotopic (exact) mass is 334 g/mol. The van der Waals surface area contributed by atoms with Crippen LogP contribution in [0.4, 0.5) is 5.69 Å². The number of quaternary nitrogens is 1. The Morgan fingerprint density at radius 2 is 1.75 bits per heavy atom. The van der Waals surface area contributed by atoms with Gasteiger partial charge in [0.05, 0.1) is 7.05 Å². The highest BCUT2D eigenvalue weighted by atomic mass is 16.2. The normalized spacial score (nSPS) is 14.8. The Morgan fingerprint density at radius 1 is 1.12 bits per heavy atom. The lowest BCUT2D eigenvalue weighted by Gasteiger charge is -2.22. The van der Waals surface area contributed by atoms with E-state index in [-0.39, 0.29) is 30.4 Å². The second-order valence-corrected chi connectivity index (χ2v) is 6.85. The highest BCUT2D eigenvalue weighted by Gasteiger charge is 2.25. The zero-order valence-electron chi connectivity index (χ0n) is 15.8. The molecule has 5 heteroatoms. The Kier molecular flexibility index (Phi) is 7.92. The van der Waals surface area contributed by atoms with E-state index in [4.69, 9.17) is 0 Å². The fourth-order valence-corrected chi connectivity index (χ4v) is 2.50. The molecule has 0 aromatic heterocycles. The SMILES string of the molecule is CC[C@@H](C)c1ccccc1NC(=O)[C@H](C)[NH+](C)CC(=O)NC(C)C. The second kappa shape index (κ2) is 9.42. The van der Waals surface area contributed by atoms with Gasteiger partial charge in [-0.25, -0.2) is 0 Å². The fraction of sp³-hybridized carbons (Fsp3) is 0.579. The van der Waals surface area contributed by atoms with Gasteiger partial charge in [-0.2, -0.15) is 0 Å². The first-order valence-corrected chi connectivity index (χ1v) is 8.77. The van der Waals surface area contributed by atoms with Gasteiger partial charge in [0.2, 0.25) is 0 Å². The molecule has 0 aliphatic heterocycles. The van der Waals surface area contributed by atoms with Crippen molar-refractivity contribution in [2.45, 2.75) is 59.0 Å². The first-order valence-electron chi connectivity index (χ1n) is 8.77. The van der Waals surface area contributed by atoms with Crippen LogP contribution in [0, 0.1) is 0 Å². The molecule has 5 nitrogen and oxygen atoms in total. The zero-order chi connectivity index (χ0) is 18.3. The Morgan fingerprint density at radius 3 is 2.33 bits per heavy atom. The number of rotatable bonds is 8. The number of likely N-dealkylation sites (N-methyl/N-ethyl adjacent to an activating group) is 1. The van der Waals surface area contributed by atoms with Crippen LogP contribution in [0.3, 0.4) is 0 Å². The average Bonchev–Trinajstić information content (AvgIpc) is 2.52. The third-order valence-corrected chi connectivity index (χ3v) is 4.38. The van der Waals surface area contributed by atoms with Crippen molar-refractivity contribution in [3.05, 3.63) is 29.8 Å². The summed E-state index contributed by atoms with van der Waals surface area (Å²) in [5.41, 5.74) is 2.01. The molecule has 0 fully saturated rings. The lowest BCUT2D eigenvalue weighted by molar-refractivity contribution is -0.885. The summed E-state index contributed by atoms with van der Waals surface area (Å²) >= 11 is 0. The van der Waals surface area contributed by atoms with Crippen LogP contribution in [0.2, 0.25) is 0 Å². The van der Waals surface area contributed by atoms with Crippen LogP contribution in [-0.2, 0) is 9.59 Å². The number of para-hydroxylation sites is 1. The van der Waals surface area contributed by atoms with Crippen molar-refractivity contribution in [3.8, 4) is 0 Å². The molecule has 0 saturated carbocycles. The number of anilines is 1. The highest BCUT2D eigenvalue weighted by Crippen LogP contribution is 2.26. The first kappa shape index (κ1) is 20.2. The van der Waals surface area contributed by atoms with E-state index in [9.17, 15) is 9.59 Å². The molecule has 3 atom stereocenters. The van der Waals surface area contributed by atoms with E-state index in [1.165, 1.54) is 0 Å². The molecule has 0 bridgehead atoms. The van der Waals surface area contributed by atoms with Crippen LogP contribution < -0.4 is 15.5 Å². The molecule has 3 N–H and O–H groups in total. The predicted octanol–water partition coefficient (Wildman–Crippen LogP) is 1.57. The third kappa shape index (κ3) is 5.96. The predicted molar refractivity (Wildman–Crippen MR) is 98.3 cm³/mol. The summed E-state index contributed by atoms with van der Waals surface area (Å²) in [6.07, 6.45) is 1.02. The molecule has 1 unspecified atom stereocenters. The van der Waals surface area contributed by atoms with Crippen LogP contribution in [-0.4, -0.2) is 37.5 Å². The molecule has 0 saturated heterocycles. The summed E-state index contributed by atoms with van der Waals surface area (Å²) in [5, 5.41) is 5.89. The van der Waals surface area contributed by atoms with Crippen molar-refractivity contribution in [2.24, 2.45) is 0 Å². The lowest BCUT2D eigenvalue weighted by atomic mass is 9.97. The van der Waals surface area contributed by atoms with E-state index in [2.05, 4.69) is 30.5 Å². The molecular weight excluding hydrogens is 302 g/mol. The molecule has 2 amide bonds. The van der Waals surface area contributed by atoms with Gasteiger partial charge >= 0.3 is 0 Å². The minimum atomic E-state index is -0.312. The summed E-state index contributed by atoms with van der Waals surface area (Å²) in [4.78, 5) is 25.3. The minimum absolute atomic E-state index is 0.0397. The number of hydrogen-bond acceptors (Lipinski definition) is 2. The molecule has 1 rings (SSSR count). The first-order chi connectivity index (χ1) is 11.3. The number of carbonyl (C=O) groups excluding carboxylic acids is 2. The van der Waals surface area contributed by atoms with Crippen molar-refractivity contribution in [2.75, 3.05) is 18.9 Å². The molecule has 1 aromatic rings. The number of carbonyl (C=O) groups is 2. The molecule has 0 aliphatic carbocycles. The van der Waals surface area contributed by atoms with Crippen molar-refractivity contribution in [1.82, 2.24) is 5.32 Å². The molecule has 0 spiro atoms. The molecule has 134 valence electrons. The second-order valence-electron chi connectivity index (χ2n) is 6.85. The van der Waals surface area contributed by atoms with Crippen LogP contribution >= 0.6 is 0 Å². The summed E-state index contributed by atoms with van der Waals surface area (Å²) in [5.74, 6) is 0.279. The van der Waals surface area contributed by atoms with Gasteiger partial charge in [0.1, 0.15) is 0 Å². The van der Waals surface area contributed by atoms with Gasteiger partial charge in [-0.3, -0.25) is 9.59 Å². The van der Waals surface area contributed by atoms with Crippen LogP contribution in [0.1, 0.15) is 52.5 Å². The van der Waals surface area contributed by atoms with Gasteiger partial charge in [-0.15, -0.1) is 0 Å². The standard InChI is InChI=1S/C19H31N3O2/c1-7-14(4)16-10-8-9-11-17(16)21-19(24)15(5)22(6)12-18(23)20-13(2)3/h8-11,13-15H,7,12H2,1-6H3,(H,20,23)(H,21,24)/p+1/t14-,15+/m1/s1. The minimum Gasteiger partial charge on any atom is -0.349 e. The maximum atomic E-state index is 12.6. The van der Waals surface area contributed by atoms with Gasteiger partial charge in [-0.05, 0) is 44.7 Å². The van der Waals surface area contributed by atoms with Crippen LogP contribution in [0.15, 0.2) is 24.3 Å². The van der Waals surface area contributed by atoms with Crippen molar-refractivity contribution in [3.63, 3.8) is 0 Å². The Labute approximate surface area is 145 Å². The number of hydrogen-bond donors (Lipinski definition) is 3. The van der Waals surface area contributed by atoms with Crippen molar-refractivity contribution in [1.29, 1.82) is 0 Å². The quantitative estimate of drug-likeness (QED) is 0.676. The smallest absolute Gasteiger partial charge is 0.282 e. The fourth-order valence-electron chi connectivity index (χ4n) is 2.50. The van der Waals surface area contributed by atoms with E-state index in [1.807, 2.05) is 46.0 Å². The van der Waals surface area contributed by atoms with Crippen molar-refractivity contribution >= 4 is 17.5 Å². The Bertz CT molecular complexity index is 557. The highest BCUT2D eigenvalue weighted by molar-refractivity contribution is 5.94. The molecule has 0 aliphatic rings. The van der Waals surface area contributed by atoms with Crippen molar-refractivity contribution < 1.29 is 14.5 Å². The van der Waals surface area contributed by atoms with Gasteiger partial charge in [0.15, 0.2) is 12.6 Å². The Balaban J connectivity index is 2.72. The maximum absolute atomic E-state index is 12.6. The largest absolute Gasteiger partial charge is 0.349 e. The molecular formula is C19H32N3O2+. The molecule has 24 heavy (non-hydrogen) atoms. The molecule has 1 aromatic carbocycles. The zero-order valence-corrected chi connectivity index (χ0v) is 15.8. The van der Waals surface area contributed by atoms with Gasteiger partial charge in [0, 0.05) is 11.7 Å². The van der Waals surface area contributed by atoms with Gasteiger partial charge in [0.25, 0.3) is 11.8 Å². The van der Waals surface area contributed by atoms with E-state index < -0.39 is 0 Å². The van der Waals surface area contributed by atoms with E-state index in [0.29, 0.717) is 5.92 Å². The van der Waals surface area contributed by atoms with Crippen LogP contribution in [0.5, 0.6) is 0 Å². The van der Waals surface area contributed by atoms with E-state index in [0.717, 1.165) is 22.6 Å². The van der Waals surface area contributed by atoms with E-state index >= 15 is 0 Å². The number of nitrogens with one attached hydrogen (secondary N) is 3. The summed E-state index contributed by atoms with van der Waals surface area (Å²) in [6, 6.07) is 7.71. The third-order valence-electron chi connectivity index (χ3n) is 4.38. The number of amides is 2. The summed E-state index contributed by atoms with van der Waals surface area (Å²) in [6.45, 7) is 10.3. The maximum Gasteiger partial charge on any atom is 0.282 e.